The molecular formula is C13H19NO2. The van der Waals surface area contributed by atoms with Crippen LogP contribution in [0.4, 0.5) is 0 Å². The zero-order valence-corrected chi connectivity index (χ0v) is 10.1. The van der Waals surface area contributed by atoms with Crippen LogP contribution in [0.15, 0.2) is 24.3 Å². The van der Waals surface area contributed by atoms with E-state index in [2.05, 4.69) is 24.8 Å². The number of hydrogen-bond donors (Lipinski definition) is 1. The van der Waals surface area contributed by atoms with E-state index in [4.69, 9.17) is 10.6 Å². The first kappa shape index (κ1) is 12.7. The second-order valence-corrected chi connectivity index (χ2v) is 3.89. The highest BCUT2D eigenvalue weighted by Gasteiger charge is 2.06. The molecule has 88 valence electrons. The summed E-state index contributed by atoms with van der Waals surface area (Å²) >= 11 is 0. The van der Waals surface area contributed by atoms with Crippen molar-refractivity contribution in [1.29, 1.82) is 0 Å². The molecule has 0 aliphatic rings. The molecule has 0 fully saturated rings. The molecule has 0 aliphatic heterocycles. The molecule has 0 aromatic heterocycles. The molecule has 0 heterocycles. The van der Waals surface area contributed by atoms with Gasteiger partial charge >= 0.3 is 0 Å². The minimum absolute atomic E-state index is 0.420. The lowest BCUT2D eigenvalue weighted by atomic mass is 9.99. The first-order valence-electron chi connectivity index (χ1n) is 5.35. The van der Waals surface area contributed by atoms with Crippen LogP contribution in [0.3, 0.4) is 0 Å². The van der Waals surface area contributed by atoms with Crippen LogP contribution in [0.25, 0.3) is 6.08 Å². The summed E-state index contributed by atoms with van der Waals surface area (Å²) in [6.07, 6.45) is 3.87. The summed E-state index contributed by atoms with van der Waals surface area (Å²) in [5, 5.41) is 0. The summed E-state index contributed by atoms with van der Waals surface area (Å²) in [4.78, 5) is 4.47. The Morgan fingerprint density at radius 3 is 2.69 bits per heavy atom. The Kier molecular flexibility index (Phi) is 5.02. The van der Waals surface area contributed by atoms with Crippen LogP contribution in [0.2, 0.25) is 0 Å². The zero-order valence-electron chi connectivity index (χ0n) is 10.1. The van der Waals surface area contributed by atoms with Gasteiger partial charge in [-0.05, 0) is 29.2 Å². The Bertz CT molecular complexity index is 359. The maximum absolute atomic E-state index is 5.32. The lowest BCUT2D eigenvalue weighted by Gasteiger charge is -2.12. The average Bonchev–Trinajstić information content (AvgIpc) is 2.29. The van der Waals surface area contributed by atoms with Gasteiger partial charge < -0.3 is 9.57 Å². The molecule has 0 bridgehead atoms. The molecule has 0 amide bonds. The largest absolute Gasteiger partial charge is 0.496 e. The van der Waals surface area contributed by atoms with E-state index in [1.165, 1.54) is 5.56 Å². The van der Waals surface area contributed by atoms with Crippen molar-refractivity contribution in [3.63, 3.8) is 0 Å². The molecule has 2 N–H and O–H groups in total. The normalized spacial score (nSPS) is 11.3. The van der Waals surface area contributed by atoms with E-state index in [1.807, 2.05) is 24.3 Å². The fourth-order valence-corrected chi connectivity index (χ4v) is 1.55. The quantitative estimate of drug-likeness (QED) is 0.777. The number of nitrogens with two attached hydrogens (primary N) is 1. The molecule has 0 aliphatic carbocycles. The van der Waals surface area contributed by atoms with Gasteiger partial charge in [-0.15, -0.1) is 0 Å². The third-order valence-electron chi connectivity index (χ3n) is 2.38. The van der Waals surface area contributed by atoms with Crippen LogP contribution >= 0.6 is 0 Å². The summed E-state index contributed by atoms with van der Waals surface area (Å²) in [5.41, 5.74) is 2.33. The molecule has 0 atom stereocenters. The van der Waals surface area contributed by atoms with Crippen molar-refractivity contribution >= 4 is 6.08 Å². The molecule has 1 aromatic carbocycles. The second kappa shape index (κ2) is 6.30. The predicted molar refractivity (Wildman–Crippen MR) is 66.3 cm³/mol. The van der Waals surface area contributed by atoms with Gasteiger partial charge in [0.25, 0.3) is 0 Å². The molecule has 1 aromatic rings. The van der Waals surface area contributed by atoms with Crippen LogP contribution in [0.1, 0.15) is 30.9 Å². The number of ether oxygens (including phenoxy) is 1. The molecule has 0 radical (unpaired) electrons. The van der Waals surface area contributed by atoms with Crippen molar-refractivity contribution in [2.24, 2.45) is 5.90 Å². The summed E-state index contributed by atoms with van der Waals surface area (Å²) in [7, 11) is 1.69. The molecule has 1 rings (SSSR count). The Morgan fingerprint density at radius 1 is 1.38 bits per heavy atom. The topological polar surface area (TPSA) is 44.5 Å². The van der Waals surface area contributed by atoms with E-state index in [0.29, 0.717) is 12.5 Å². The standard InChI is InChI=1S/C13H19NO2/c1-10(2)12-9-11(5-4-8-16-14)6-7-13(12)15-3/h4-7,9-10H,8,14H2,1-3H3/b5-4+. The number of methoxy groups -OCH3 is 1. The zero-order chi connectivity index (χ0) is 12.0. The first-order valence-corrected chi connectivity index (χ1v) is 5.35. The third kappa shape index (κ3) is 3.36. The van der Waals surface area contributed by atoms with Gasteiger partial charge in [-0.25, -0.2) is 5.90 Å². The lowest BCUT2D eigenvalue weighted by Crippen LogP contribution is -1.97. The maximum Gasteiger partial charge on any atom is 0.122 e. The highest BCUT2D eigenvalue weighted by Crippen LogP contribution is 2.27. The van der Waals surface area contributed by atoms with E-state index in [9.17, 15) is 0 Å². The Balaban J connectivity index is 2.93. The molecule has 0 spiro atoms. The predicted octanol–water partition coefficient (Wildman–Crippen LogP) is 2.72. The van der Waals surface area contributed by atoms with Crippen molar-refractivity contribution in [1.82, 2.24) is 0 Å². The fourth-order valence-electron chi connectivity index (χ4n) is 1.55. The number of rotatable bonds is 5. The van der Waals surface area contributed by atoms with Crippen LogP contribution in [-0.4, -0.2) is 13.7 Å². The van der Waals surface area contributed by atoms with Crippen LogP contribution in [0, 0.1) is 0 Å². The summed E-state index contributed by atoms with van der Waals surface area (Å²) in [6.45, 7) is 4.71. The summed E-state index contributed by atoms with van der Waals surface area (Å²) in [6, 6.07) is 6.12. The lowest BCUT2D eigenvalue weighted by molar-refractivity contribution is 0.168. The Morgan fingerprint density at radius 2 is 2.12 bits per heavy atom. The van der Waals surface area contributed by atoms with Gasteiger partial charge in [0.15, 0.2) is 0 Å². The van der Waals surface area contributed by atoms with E-state index >= 15 is 0 Å². The number of hydrogen-bond acceptors (Lipinski definition) is 3. The smallest absolute Gasteiger partial charge is 0.122 e. The highest BCUT2D eigenvalue weighted by molar-refractivity contribution is 5.54. The first-order chi connectivity index (χ1) is 7.69. The molecule has 16 heavy (non-hydrogen) atoms. The van der Waals surface area contributed by atoms with Gasteiger partial charge in [0.2, 0.25) is 0 Å². The molecule has 0 saturated carbocycles. The Hall–Kier alpha value is -1.32. The van der Waals surface area contributed by atoms with E-state index < -0.39 is 0 Å². The molecule has 0 unspecified atom stereocenters. The van der Waals surface area contributed by atoms with Gasteiger partial charge in [-0.1, -0.05) is 32.1 Å². The van der Waals surface area contributed by atoms with E-state index in [1.54, 1.807) is 7.11 Å². The van der Waals surface area contributed by atoms with Crippen LogP contribution in [0.5, 0.6) is 5.75 Å². The van der Waals surface area contributed by atoms with Gasteiger partial charge in [-0.3, -0.25) is 0 Å². The van der Waals surface area contributed by atoms with Gasteiger partial charge in [0.05, 0.1) is 13.7 Å². The third-order valence-corrected chi connectivity index (χ3v) is 2.38. The number of benzene rings is 1. The minimum Gasteiger partial charge on any atom is -0.496 e. The maximum atomic E-state index is 5.32. The minimum atomic E-state index is 0.420. The van der Waals surface area contributed by atoms with E-state index in [-0.39, 0.29) is 0 Å². The van der Waals surface area contributed by atoms with Crippen molar-refractivity contribution < 1.29 is 9.57 Å². The fraction of sp³-hybridized carbons (Fsp3) is 0.385. The van der Waals surface area contributed by atoms with Gasteiger partial charge in [0.1, 0.15) is 5.75 Å². The molecule has 3 heteroatoms. The van der Waals surface area contributed by atoms with Crippen LogP contribution < -0.4 is 10.6 Å². The van der Waals surface area contributed by atoms with Crippen molar-refractivity contribution in [2.45, 2.75) is 19.8 Å². The molecular weight excluding hydrogens is 202 g/mol. The summed E-state index contributed by atoms with van der Waals surface area (Å²) in [5.74, 6) is 6.32. The van der Waals surface area contributed by atoms with Crippen molar-refractivity contribution in [3.8, 4) is 5.75 Å². The SMILES string of the molecule is COc1ccc(/C=C/CON)cc1C(C)C. The van der Waals surface area contributed by atoms with Crippen molar-refractivity contribution in [3.05, 3.63) is 35.4 Å². The second-order valence-electron chi connectivity index (χ2n) is 3.89. The van der Waals surface area contributed by atoms with E-state index in [0.717, 1.165) is 11.3 Å². The highest BCUT2D eigenvalue weighted by atomic mass is 16.6. The monoisotopic (exact) mass is 221 g/mol. The average molecular weight is 221 g/mol. The van der Waals surface area contributed by atoms with Crippen LogP contribution in [-0.2, 0) is 4.84 Å². The Labute approximate surface area is 96.8 Å². The van der Waals surface area contributed by atoms with Gasteiger partial charge in [0, 0.05) is 0 Å². The molecule has 3 nitrogen and oxygen atoms in total. The summed E-state index contributed by atoms with van der Waals surface area (Å²) < 4.78 is 5.32. The van der Waals surface area contributed by atoms with Gasteiger partial charge in [-0.2, -0.15) is 0 Å². The van der Waals surface area contributed by atoms with Crippen molar-refractivity contribution in [2.75, 3.05) is 13.7 Å². The molecule has 0 saturated heterocycles.